The summed E-state index contributed by atoms with van der Waals surface area (Å²) in [6.45, 7) is 0.610. The third-order valence-electron chi connectivity index (χ3n) is 2.73. The minimum absolute atomic E-state index is 0.0579. The van der Waals surface area contributed by atoms with Crippen LogP contribution in [-0.4, -0.2) is 28.4 Å². The molecule has 18 heavy (non-hydrogen) atoms. The first-order valence-electron chi connectivity index (χ1n) is 5.53. The van der Waals surface area contributed by atoms with Gasteiger partial charge >= 0.3 is 0 Å². The molecule has 0 aliphatic heterocycles. The Kier molecular flexibility index (Phi) is 4.80. The van der Waals surface area contributed by atoms with Crippen molar-refractivity contribution in [3.63, 3.8) is 0 Å². The number of thiocarbonyl (C=S) groups is 1. The predicted octanol–water partition coefficient (Wildman–Crippen LogP) is 3.55. The van der Waals surface area contributed by atoms with Gasteiger partial charge < -0.3 is 10.6 Å². The van der Waals surface area contributed by atoms with E-state index >= 15 is 0 Å². The van der Waals surface area contributed by atoms with Gasteiger partial charge in [-0.3, -0.25) is 4.79 Å². The first kappa shape index (κ1) is 14.4. The van der Waals surface area contributed by atoms with Gasteiger partial charge in [-0.25, -0.2) is 0 Å². The average Bonchev–Trinajstić information content (AvgIpc) is 3.04. The first-order valence-corrected chi connectivity index (χ1v) is 8.34. The molecular weight excluding hydrogens is 400 g/mol. The van der Waals surface area contributed by atoms with E-state index in [4.69, 9.17) is 18.0 Å². The molecule has 1 aliphatic carbocycles. The number of thiophene rings is 1. The highest BCUT2D eigenvalue weighted by Gasteiger charge is 2.33. The molecular formula is C11H12Br2N2OS2. The molecule has 1 heterocycles. The first-order chi connectivity index (χ1) is 8.49. The minimum atomic E-state index is 0.0579. The van der Waals surface area contributed by atoms with Gasteiger partial charge in [-0.05, 0) is 50.8 Å². The number of nitrogens with zero attached hydrogens (tertiary/aromatic N) is 1. The highest BCUT2D eigenvalue weighted by molar-refractivity contribution is 9.12. The zero-order valence-corrected chi connectivity index (χ0v) is 14.3. The van der Waals surface area contributed by atoms with Crippen LogP contribution in [0.4, 0.5) is 0 Å². The molecule has 1 fully saturated rings. The lowest BCUT2D eigenvalue weighted by atomic mass is 10.2. The van der Waals surface area contributed by atoms with Crippen molar-refractivity contribution in [3.8, 4) is 0 Å². The third kappa shape index (κ3) is 3.53. The molecule has 1 amide bonds. The van der Waals surface area contributed by atoms with Gasteiger partial charge in [0, 0.05) is 19.0 Å². The number of rotatable bonds is 5. The van der Waals surface area contributed by atoms with Gasteiger partial charge in [0.25, 0.3) is 5.91 Å². The van der Waals surface area contributed by atoms with E-state index < -0.39 is 0 Å². The molecule has 2 rings (SSSR count). The fraction of sp³-hybridized carbons (Fsp3) is 0.455. The predicted molar refractivity (Wildman–Crippen MR) is 85.2 cm³/mol. The average molecular weight is 412 g/mol. The van der Waals surface area contributed by atoms with E-state index in [0.29, 0.717) is 29.6 Å². The molecule has 0 atom stereocenters. The summed E-state index contributed by atoms with van der Waals surface area (Å²) in [5.41, 5.74) is 6.22. The Bertz CT molecular complexity index is 485. The topological polar surface area (TPSA) is 46.3 Å². The van der Waals surface area contributed by atoms with E-state index in [0.717, 1.165) is 20.4 Å². The number of carbonyl (C=O) groups excluding carboxylic acids is 1. The quantitative estimate of drug-likeness (QED) is 0.753. The van der Waals surface area contributed by atoms with Gasteiger partial charge in [-0.2, -0.15) is 0 Å². The fourth-order valence-electron chi connectivity index (χ4n) is 1.71. The van der Waals surface area contributed by atoms with Gasteiger partial charge in [0.05, 0.1) is 18.1 Å². The Morgan fingerprint density at radius 3 is 2.67 bits per heavy atom. The van der Waals surface area contributed by atoms with Crippen molar-refractivity contribution in [2.24, 2.45) is 5.73 Å². The van der Waals surface area contributed by atoms with Crippen LogP contribution in [0.1, 0.15) is 29.6 Å². The van der Waals surface area contributed by atoms with Crippen molar-refractivity contribution in [1.82, 2.24) is 4.90 Å². The van der Waals surface area contributed by atoms with Crippen LogP contribution in [-0.2, 0) is 0 Å². The summed E-state index contributed by atoms with van der Waals surface area (Å²) in [5, 5.41) is 0. The summed E-state index contributed by atoms with van der Waals surface area (Å²) in [7, 11) is 0. The Balaban J connectivity index is 2.12. The molecule has 1 aliphatic rings. The number of nitrogens with two attached hydrogens (primary N) is 1. The zero-order valence-electron chi connectivity index (χ0n) is 9.49. The second kappa shape index (κ2) is 5.98. The molecule has 0 radical (unpaired) electrons. The van der Waals surface area contributed by atoms with Crippen molar-refractivity contribution < 1.29 is 4.79 Å². The Hall–Kier alpha value is 0.0200. The highest BCUT2D eigenvalue weighted by atomic mass is 79.9. The molecule has 1 aromatic rings. The maximum absolute atomic E-state index is 12.5. The summed E-state index contributed by atoms with van der Waals surface area (Å²) < 4.78 is 1.81. The molecule has 0 spiro atoms. The molecule has 2 N–H and O–H groups in total. The molecule has 1 saturated carbocycles. The van der Waals surface area contributed by atoms with Crippen LogP contribution in [0.5, 0.6) is 0 Å². The van der Waals surface area contributed by atoms with Gasteiger partial charge in [0.1, 0.15) is 0 Å². The van der Waals surface area contributed by atoms with E-state index in [-0.39, 0.29) is 5.91 Å². The maximum atomic E-state index is 12.5. The SMILES string of the molecule is NC(=S)CCN(C(=O)c1cc(Br)sc1Br)C1CC1. The van der Waals surface area contributed by atoms with Crippen molar-refractivity contribution in [2.75, 3.05) is 6.54 Å². The van der Waals surface area contributed by atoms with E-state index in [2.05, 4.69) is 31.9 Å². The Morgan fingerprint density at radius 2 is 2.22 bits per heavy atom. The summed E-state index contributed by atoms with van der Waals surface area (Å²) in [6.07, 6.45) is 2.73. The van der Waals surface area contributed by atoms with Gasteiger partial charge in [0.2, 0.25) is 0 Å². The van der Waals surface area contributed by atoms with Crippen LogP contribution in [0.15, 0.2) is 13.6 Å². The lowest BCUT2D eigenvalue weighted by Crippen LogP contribution is -2.35. The van der Waals surface area contributed by atoms with Crippen molar-refractivity contribution in [3.05, 3.63) is 19.2 Å². The van der Waals surface area contributed by atoms with Crippen LogP contribution in [0.2, 0.25) is 0 Å². The molecule has 0 saturated heterocycles. The van der Waals surface area contributed by atoms with E-state index in [9.17, 15) is 4.79 Å². The van der Waals surface area contributed by atoms with E-state index in [1.54, 1.807) is 0 Å². The summed E-state index contributed by atoms with van der Waals surface area (Å²) in [6, 6.07) is 2.21. The van der Waals surface area contributed by atoms with Crippen LogP contribution in [0.25, 0.3) is 0 Å². The monoisotopic (exact) mass is 410 g/mol. The lowest BCUT2D eigenvalue weighted by Gasteiger charge is -2.21. The molecule has 0 unspecified atom stereocenters. The molecule has 1 aromatic heterocycles. The molecule has 0 bridgehead atoms. The number of carbonyl (C=O) groups is 1. The van der Waals surface area contributed by atoms with Crippen LogP contribution in [0, 0.1) is 0 Å². The molecule has 3 nitrogen and oxygen atoms in total. The maximum Gasteiger partial charge on any atom is 0.256 e. The Labute approximate surface area is 132 Å². The molecule has 98 valence electrons. The second-order valence-electron chi connectivity index (χ2n) is 4.18. The number of hydrogen-bond acceptors (Lipinski definition) is 3. The van der Waals surface area contributed by atoms with Crippen LogP contribution < -0.4 is 5.73 Å². The lowest BCUT2D eigenvalue weighted by molar-refractivity contribution is 0.0747. The smallest absolute Gasteiger partial charge is 0.256 e. The highest BCUT2D eigenvalue weighted by Crippen LogP contribution is 2.35. The normalized spacial score (nSPS) is 14.6. The van der Waals surface area contributed by atoms with Gasteiger partial charge in [-0.15, -0.1) is 11.3 Å². The van der Waals surface area contributed by atoms with Crippen molar-refractivity contribution in [2.45, 2.75) is 25.3 Å². The number of amides is 1. The summed E-state index contributed by atoms with van der Waals surface area (Å²) in [4.78, 5) is 14.8. The minimum Gasteiger partial charge on any atom is -0.393 e. The molecule has 7 heteroatoms. The van der Waals surface area contributed by atoms with Crippen LogP contribution >= 0.6 is 55.4 Å². The van der Waals surface area contributed by atoms with Gasteiger partial charge in [-0.1, -0.05) is 12.2 Å². The fourth-order valence-corrected chi connectivity index (χ4v) is 4.58. The summed E-state index contributed by atoms with van der Waals surface area (Å²) >= 11 is 13.2. The Morgan fingerprint density at radius 1 is 1.56 bits per heavy atom. The van der Waals surface area contributed by atoms with E-state index in [1.807, 2.05) is 11.0 Å². The largest absolute Gasteiger partial charge is 0.393 e. The second-order valence-corrected chi connectivity index (χ2v) is 8.46. The number of hydrogen-bond donors (Lipinski definition) is 1. The van der Waals surface area contributed by atoms with E-state index in [1.165, 1.54) is 11.3 Å². The van der Waals surface area contributed by atoms with Crippen molar-refractivity contribution in [1.29, 1.82) is 0 Å². The van der Waals surface area contributed by atoms with Gasteiger partial charge in [0.15, 0.2) is 0 Å². The third-order valence-corrected chi connectivity index (χ3v) is 5.28. The molecule has 0 aromatic carbocycles. The number of halogens is 2. The van der Waals surface area contributed by atoms with Crippen molar-refractivity contribution >= 4 is 66.3 Å². The van der Waals surface area contributed by atoms with Crippen LogP contribution in [0.3, 0.4) is 0 Å². The zero-order chi connectivity index (χ0) is 13.3. The summed E-state index contributed by atoms with van der Waals surface area (Å²) in [5.74, 6) is 0.0579. The standard InChI is InChI=1S/C11H12Br2N2OS2/c12-8-5-7(10(13)18-8)11(16)15(6-1-2-6)4-3-9(14)17/h5-6H,1-4H2,(H2,14,17).